The fourth-order valence-electron chi connectivity index (χ4n) is 2.47. The summed E-state index contributed by atoms with van der Waals surface area (Å²) >= 11 is 0. The van der Waals surface area contributed by atoms with Crippen molar-refractivity contribution in [3.05, 3.63) is 65.5 Å². The van der Waals surface area contributed by atoms with Gasteiger partial charge in [0.15, 0.2) is 0 Å². The molecule has 26 heavy (non-hydrogen) atoms. The quantitative estimate of drug-likeness (QED) is 0.820. The molecule has 0 saturated heterocycles. The summed E-state index contributed by atoms with van der Waals surface area (Å²) in [5, 5.41) is 2.66. The van der Waals surface area contributed by atoms with Crippen LogP contribution in [0.3, 0.4) is 0 Å². The fraction of sp³-hybridized carbons (Fsp3) is 0.263. The Hall–Kier alpha value is -2.83. The van der Waals surface area contributed by atoms with Gasteiger partial charge in [0, 0.05) is 26.4 Å². The van der Waals surface area contributed by atoms with Gasteiger partial charge in [-0.25, -0.2) is 13.2 Å². The van der Waals surface area contributed by atoms with Crippen molar-refractivity contribution in [1.29, 1.82) is 0 Å². The summed E-state index contributed by atoms with van der Waals surface area (Å²) in [5.74, 6) is -2.97. The predicted molar refractivity (Wildman–Crippen MR) is 92.1 cm³/mol. The number of para-hydroxylation sites is 1. The van der Waals surface area contributed by atoms with Crippen LogP contribution in [0.2, 0.25) is 0 Å². The second-order valence-electron chi connectivity index (χ2n) is 5.72. The third-order valence-corrected chi connectivity index (χ3v) is 3.80. The van der Waals surface area contributed by atoms with Gasteiger partial charge < -0.3 is 10.2 Å². The molecule has 0 aromatic heterocycles. The number of nitrogens with zero attached hydrogens (tertiary/aromatic N) is 1. The molecule has 2 rings (SSSR count). The molecule has 7 heteroatoms. The van der Waals surface area contributed by atoms with Gasteiger partial charge in [0.25, 0.3) is 0 Å². The summed E-state index contributed by atoms with van der Waals surface area (Å²) in [7, 11) is 0. The highest BCUT2D eigenvalue weighted by atomic mass is 19.1. The minimum atomic E-state index is -0.864. The minimum Gasteiger partial charge on any atom is -0.356 e. The highest BCUT2D eigenvalue weighted by Crippen LogP contribution is 2.23. The highest BCUT2D eigenvalue weighted by Gasteiger charge is 2.20. The standard InChI is InChI=1S/C19H19F3N2O2/c1-13(25)24(19-16(21)3-2-4-17(19)22)12-10-18(26)23-11-9-14-5-7-15(20)8-6-14/h2-8H,9-12H2,1H3,(H,23,26). The van der Waals surface area contributed by atoms with Gasteiger partial charge >= 0.3 is 0 Å². The molecule has 2 aromatic rings. The van der Waals surface area contributed by atoms with Crippen LogP contribution >= 0.6 is 0 Å². The zero-order valence-corrected chi connectivity index (χ0v) is 14.3. The van der Waals surface area contributed by atoms with Crippen molar-refractivity contribution in [2.75, 3.05) is 18.0 Å². The second-order valence-corrected chi connectivity index (χ2v) is 5.72. The summed E-state index contributed by atoms with van der Waals surface area (Å²) in [6.45, 7) is 1.37. The SMILES string of the molecule is CC(=O)N(CCC(=O)NCCc1ccc(F)cc1)c1c(F)cccc1F. The van der Waals surface area contributed by atoms with E-state index >= 15 is 0 Å². The number of benzene rings is 2. The van der Waals surface area contributed by atoms with Crippen molar-refractivity contribution < 1.29 is 22.8 Å². The molecule has 0 bridgehead atoms. The van der Waals surface area contributed by atoms with Crippen LogP contribution < -0.4 is 10.2 Å². The maximum absolute atomic E-state index is 13.8. The Morgan fingerprint density at radius 1 is 1.00 bits per heavy atom. The lowest BCUT2D eigenvalue weighted by Crippen LogP contribution is -2.35. The van der Waals surface area contributed by atoms with E-state index in [2.05, 4.69) is 5.32 Å². The second kappa shape index (κ2) is 9.03. The average Bonchev–Trinajstić information content (AvgIpc) is 2.59. The first kappa shape index (κ1) is 19.5. The first-order valence-corrected chi connectivity index (χ1v) is 8.11. The van der Waals surface area contributed by atoms with Crippen molar-refractivity contribution in [2.45, 2.75) is 19.8 Å². The van der Waals surface area contributed by atoms with Gasteiger partial charge in [-0.15, -0.1) is 0 Å². The van der Waals surface area contributed by atoms with Gasteiger partial charge in [0.2, 0.25) is 11.8 Å². The molecule has 0 heterocycles. The number of anilines is 1. The van der Waals surface area contributed by atoms with E-state index in [1.165, 1.54) is 25.1 Å². The molecular formula is C19H19F3N2O2. The van der Waals surface area contributed by atoms with E-state index in [0.717, 1.165) is 22.6 Å². The van der Waals surface area contributed by atoms with Crippen molar-refractivity contribution in [3.8, 4) is 0 Å². The van der Waals surface area contributed by atoms with Crippen LogP contribution in [-0.2, 0) is 16.0 Å². The molecule has 0 aliphatic rings. The third kappa shape index (κ3) is 5.34. The molecule has 0 saturated carbocycles. The lowest BCUT2D eigenvalue weighted by atomic mass is 10.1. The number of nitrogens with one attached hydrogen (secondary N) is 1. The number of rotatable bonds is 7. The number of carbonyl (C=O) groups is 2. The fourth-order valence-corrected chi connectivity index (χ4v) is 2.47. The van der Waals surface area contributed by atoms with Gasteiger partial charge in [-0.3, -0.25) is 9.59 Å². The zero-order chi connectivity index (χ0) is 19.1. The molecule has 4 nitrogen and oxygen atoms in total. The van der Waals surface area contributed by atoms with Crippen LogP contribution in [0, 0.1) is 17.5 Å². The minimum absolute atomic E-state index is 0.100. The number of hydrogen-bond acceptors (Lipinski definition) is 2. The number of amides is 2. The number of hydrogen-bond donors (Lipinski definition) is 1. The molecule has 138 valence electrons. The molecule has 0 radical (unpaired) electrons. The smallest absolute Gasteiger partial charge is 0.224 e. The van der Waals surface area contributed by atoms with Gasteiger partial charge in [-0.1, -0.05) is 18.2 Å². The van der Waals surface area contributed by atoms with Gasteiger partial charge in [-0.2, -0.15) is 0 Å². The van der Waals surface area contributed by atoms with Crippen LogP contribution in [0.4, 0.5) is 18.9 Å². The van der Waals surface area contributed by atoms with E-state index in [9.17, 15) is 22.8 Å². The Balaban J connectivity index is 1.87. The molecule has 0 spiro atoms. The Labute approximate surface area is 149 Å². The van der Waals surface area contributed by atoms with Crippen molar-refractivity contribution in [1.82, 2.24) is 5.32 Å². The van der Waals surface area contributed by atoms with E-state index in [4.69, 9.17) is 0 Å². The lowest BCUT2D eigenvalue weighted by molar-refractivity contribution is -0.121. The Morgan fingerprint density at radius 3 is 2.19 bits per heavy atom. The van der Waals surface area contributed by atoms with Crippen LogP contribution in [0.1, 0.15) is 18.9 Å². The highest BCUT2D eigenvalue weighted by molar-refractivity contribution is 5.92. The summed E-state index contributed by atoms with van der Waals surface area (Å²) in [6.07, 6.45) is 0.418. The van der Waals surface area contributed by atoms with Crippen molar-refractivity contribution in [3.63, 3.8) is 0 Å². The topological polar surface area (TPSA) is 49.4 Å². The molecule has 0 unspecified atom stereocenters. The molecule has 2 aromatic carbocycles. The van der Waals surface area contributed by atoms with Gasteiger partial charge in [0.1, 0.15) is 23.1 Å². The summed E-state index contributed by atoms with van der Waals surface area (Å²) in [6, 6.07) is 9.23. The van der Waals surface area contributed by atoms with E-state index in [0.29, 0.717) is 13.0 Å². The maximum atomic E-state index is 13.8. The van der Waals surface area contributed by atoms with Crippen molar-refractivity contribution >= 4 is 17.5 Å². The van der Waals surface area contributed by atoms with Crippen LogP contribution in [-0.4, -0.2) is 24.9 Å². The molecule has 2 amide bonds. The third-order valence-electron chi connectivity index (χ3n) is 3.80. The maximum Gasteiger partial charge on any atom is 0.224 e. The zero-order valence-electron chi connectivity index (χ0n) is 14.3. The summed E-state index contributed by atoms with van der Waals surface area (Å²) in [4.78, 5) is 24.5. The van der Waals surface area contributed by atoms with Gasteiger partial charge in [-0.05, 0) is 36.2 Å². The predicted octanol–water partition coefficient (Wildman–Crippen LogP) is 3.21. The Kier molecular flexibility index (Phi) is 6.77. The van der Waals surface area contributed by atoms with Crippen LogP contribution in [0.25, 0.3) is 0 Å². The molecular weight excluding hydrogens is 345 g/mol. The van der Waals surface area contributed by atoms with E-state index < -0.39 is 23.2 Å². The molecule has 0 aliphatic heterocycles. The monoisotopic (exact) mass is 364 g/mol. The number of carbonyl (C=O) groups excluding carboxylic acids is 2. The largest absolute Gasteiger partial charge is 0.356 e. The van der Waals surface area contributed by atoms with E-state index in [1.807, 2.05) is 0 Å². The first-order chi connectivity index (χ1) is 12.4. The van der Waals surface area contributed by atoms with Gasteiger partial charge in [0.05, 0.1) is 0 Å². The van der Waals surface area contributed by atoms with Crippen molar-refractivity contribution in [2.24, 2.45) is 0 Å². The van der Waals surface area contributed by atoms with E-state index in [1.54, 1.807) is 12.1 Å². The van der Waals surface area contributed by atoms with Crippen LogP contribution in [0.15, 0.2) is 42.5 Å². The van der Waals surface area contributed by atoms with E-state index in [-0.39, 0.29) is 24.7 Å². The summed E-state index contributed by atoms with van der Waals surface area (Å²) < 4.78 is 40.5. The Bertz CT molecular complexity index is 759. The summed E-state index contributed by atoms with van der Waals surface area (Å²) in [5.41, 5.74) is 0.407. The normalized spacial score (nSPS) is 10.5. The van der Waals surface area contributed by atoms with Crippen LogP contribution in [0.5, 0.6) is 0 Å². The average molecular weight is 364 g/mol. The number of halogens is 3. The lowest BCUT2D eigenvalue weighted by Gasteiger charge is -2.22. The Morgan fingerprint density at radius 2 is 1.62 bits per heavy atom. The molecule has 0 fully saturated rings. The molecule has 0 aliphatic carbocycles. The molecule has 1 N–H and O–H groups in total. The first-order valence-electron chi connectivity index (χ1n) is 8.11. The molecule has 0 atom stereocenters.